The Kier molecular flexibility index (Phi) is 7.33. The van der Waals surface area contributed by atoms with Crippen molar-refractivity contribution in [1.82, 2.24) is 5.32 Å². The molecule has 29 heavy (non-hydrogen) atoms. The maximum absolute atomic E-state index is 13.0. The fourth-order valence-electron chi connectivity index (χ4n) is 3.38. The van der Waals surface area contributed by atoms with E-state index in [1.54, 1.807) is 17.8 Å². The molecule has 1 aliphatic rings. The van der Waals surface area contributed by atoms with Gasteiger partial charge in [0.2, 0.25) is 0 Å². The molecule has 0 radical (unpaired) electrons. The number of thioether (sulfide) groups is 1. The highest BCUT2D eigenvalue weighted by Gasteiger charge is 2.27. The number of benzene rings is 1. The number of ether oxygens (including phenoxy) is 1. The third-order valence-electron chi connectivity index (χ3n) is 4.71. The molecule has 3 amide bonds. The average molecular weight is 433 g/mol. The molecule has 0 fully saturated rings. The number of aryl methyl sites for hydroxylation is 1. The minimum absolute atomic E-state index is 0.259. The summed E-state index contributed by atoms with van der Waals surface area (Å²) in [6.07, 6.45) is 3.94. The molecule has 2 aromatic rings. The van der Waals surface area contributed by atoms with Crippen molar-refractivity contribution in [2.75, 3.05) is 18.2 Å². The van der Waals surface area contributed by atoms with Gasteiger partial charge in [-0.25, -0.2) is 4.79 Å². The molecule has 0 saturated heterocycles. The van der Waals surface area contributed by atoms with E-state index in [0.29, 0.717) is 16.1 Å². The Balaban J connectivity index is 1.95. The monoisotopic (exact) mass is 432 g/mol. The van der Waals surface area contributed by atoms with Gasteiger partial charge in [-0.2, -0.15) is 0 Å². The van der Waals surface area contributed by atoms with Crippen molar-refractivity contribution in [3.8, 4) is 0 Å². The zero-order valence-electron chi connectivity index (χ0n) is 16.5. The summed E-state index contributed by atoms with van der Waals surface area (Å²) in [6.45, 7) is 2.03. The van der Waals surface area contributed by atoms with Crippen LogP contribution in [-0.2, 0) is 17.6 Å². The fourth-order valence-corrected chi connectivity index (χ4v) is 5.47. The van der Waals surface area contributed by atoms with Crippen molar-refractivity contribution >= 4 is 46.0 Å². The molecule has 0 unspecified atom stereocenters. The van der Waals surface area contributed by atoms with Crippen molar-refractivity contribution in [2.24, 2.45) is 0 Å². The quantitative estimate of drug-likeness (QED) is 0.520. The Morgan fingerprint density at radius 2 is 1.86 bits per heavy atom. The highest BCUT2D eigenvalue weighted by molar-refractivity contribution is 7.99. The number of imide groups is 1. The number of thiophene rings is 1. The molecule has 0 spiro atoms. The van der Waals surface area contributed by atoms with E-state index in [-0.39, 0.29) is 5.91 Å². The van der Waals surface area contributed by atoms with Gasteiger partial charge in [-0.3, -0.25) is 14.9 Å². The van der Waals surface area contributed by atoms with Crippen molar-refractivity contribution in [3.63, 3.8) is 0 Å². The Morgan fingerprint density at radius 3 is 2.62 bits per heavy atom. The normalized spacial score (nSPS) is 13.2. The first kappa shape index (κ1) is 21.4. The summed E-state index contributed by atoms with van der Waals surface area (Å²) in [5, 5.41) is 5.65. The van der Waals surface area contributed by atoms with Gasteiger partial charge in [0.05, 0.1) is 18.2 Å². The number of methoxy groups -OCH3 is 1. The van der Waals surface area contributed by atoms with Gasteiger partial charge < -0.3 is 10.1 Å². The number of carbonyl (C=O) groups excluding carboxylic acids is 3. The lowest BCUT2D eigenvalue weighted by atomic mass is 10.0. The van der Waals surface area contributed by atoms with Gasteiger partial charge in [0, 0.05) is 9.77 Å². The van der Waals surface area contributed by atoms with E-state index in [0.717, 1.165) is 53.2 Å². The first-order valence-corrected chi connectivity index (χ1v) is 11.4. The first-order valence-electron chi connectivity index (χ1n) is 9.62. The second-order valence-electron chi connectivity index (χ2n) is 6.60. The summed E-state index contributed by atoms with van der Waals surface area (Å²) in [5.74, 6) is 0.0533. The van der Waals surface area contributed by atoms with Gasteiger partial charge in [0.15, 0.2) is 0 Å². The van der Waals surface area contributed by atoms with Crippen molar-refractivity contribution in [2.45, 2.75) is 43.9 Å². The van der Waals surface area contributed by atoms with Crippen LogP contribution in [0.25, 0.3) is 0 Å². The van der Waals surface area contributed by atoms with Crippen LogP contribution < -0.4 is 10.6 Å². The van der Waals surface area contributed by atoms with Crippen LogP contribution in [0, 0.1) is 0 Å². The van der Waals surface area contributed by atoms with Crippen LogP contribution in [0.4, 0.5) is 9.80 Å². The predicted molar refractivity (Wildman–Crippen MR) is 116 cm³/mol. The van der Waals surface area contributed by atoms with Crippen molar-refractivity contribution in [1.29, 1.82) is 0 Å². The number of hydrogen-bond acceptors (Lipinski definition) is 6. The molecule has 1 aromatic carbocycles. The van der Waals surface area contributed by atoms with Gasteiger partial charge in [0.25, 0.3) is 11.8 Å². The molecule has 1 aromatic heterocycles. The van der Waals surface area contributed by atoms with E-state index in [9.17, 15) is 14.4 Å². The smallest absolute Gasteiger partial charge is 0.413 e. The highest BCUT2D eigenvalue weighted by atomic mass is 32.2. The van der Waals surface area contributed by atoms with E-state index in [1.165, 1.54) is 18.4 Å². The van der Waals surface area contributed by atoms with E-state index in [1.807, 2.05) is 25.1 Å². The van der Waals surface area contributed by atoms with Gasteiger partial charge in [-0.05, 0) is 49.1 Å². The first-order chi connectivity index (χ1) is 14.0. The van der Waals surface area contributed by atoms with Crippen LogP contribution in [0.1, 0.15) is 57.3 Å². The number of alkyl carbamates (subject to hydrolysis) is 1. The Bertz CT molecular complexity index is 923. The molecular formula is C21H24N2O4S2. The van der Waals surface area contributed by atoms with Gasteiger partial charge in [0.1, 0.15) is 5.00 Å². The second kappa shape index (κ2) is 9.93. The number of carbonyl (C=O) groups is 3. The lowest BCUT2D eigenvalue weighted by Gasteiger charge is -2.11. The van der Waals surface area contributed by atoms with E-state index < -0.39 is 12.0 Å². The van der Waals surface area contributed by atoms with Crippen LogP contribution in [0.5, 0.6) is 0 Å². The Labute approximate surface area is 178 Å². The predicted octanol–water partition coefficient (Wildman–Crippen LogP) is 4.88. The third kappa shape index (κ3) is 5.00. The lowest BCUT2D eigenvalue weighted by molar-refractivity contribution is 0.0937. The van der Waals surface area contributed by atoms with Crippen molar-refractivity contribution < 1.29 is 19.1 Å². The molecule has 6 nitrogen and oxygen atoms in total. The SMILES string of the molecule is CCSc1ccccc1C(=O)Nc1sc2c(c1C(=O)NC(=O)OC)CCCCC2. The van der Waals surface area contributed by atoms with Crippen LogP contribution in [-0.4, -0.2) is 30.8 Å². The average Bonchev–Trinajstić information content (AvgIpc) is 2.89. The number of anilines is 1. The summed E-state index contributed by atoms with van der Waals surface area (Å²) >= 11 is 3.02. The molecule has 154 valence electrons. The number of amides is 3. The van der Waals surface area contributed by atoms with Gasteiger partial charge >= 0.3 is 6.09 Å². The van der Waals surface area contributed by atoms with E-state index >= 15 is 0 Å². The molecule has 0 saturated carbocycles. The summed E-state index contributed by atoms with van der Waals surface area (Å²) in [5.41, 5.74) is 1.88. The minimum Gasteiger partial charge on any atom is -0.453 e. The van der Waals surface area contributed by atoms with Gasteiger partial charge in [-0.15, -0.1) is 23.1 Å². The lowest BCUT2D eigenvalue weighted by Crippen LogP contribution is -2.31. The van der Waals surface area contributed by atoms with Crippen molar-refractivity contribution in [3.05, 3.63) is 45.8 Å². The maximum Gasteiger partial charge on any atom is 0.413 e. The fraction of sp³-hybridized carbons (Fsp3) is 0.381. The van der Waals surface area contributed by atoms with Crippen LogP contribution in [0.15, 0.2) is 29.2 Å². The van der Waals surface area contributed by atoms with Crippen LogP contribution in [0.3, 0.4) is 0 Å². The molecule has 1 aliphatic carbocycles. The second-order valence-corrected chi connectivity index (χ2v) is 9.01. The molecule has 0 atom stereocenters. The zero-order valence-corrected chi connectivity index (χ0v) is 18.1. The molecule has 0 aliphatic heterocycles. The van der Waals surface area contributed by atoms with Crippen LogP contribution in [0.2, 0.25) is 0 Å². The molecule has 0 bridgehead atoms. The molecule has 1 heterocycles. The largest absolute Gasteiger partial charge is 0.453 e. The van der Waals surface area contributed by atoms with E-state index in [2.05, 4.69) is 15.4 Å². The van der Waals surface area contributed by atoms with E-state index in [4.69, 9.17) is 0 Å². The molecule has 8 heteroatoms. The topological polar surface area (TPSA) is 84.5 Å². The number of rotatable bonds is 5. The molecule has 2 N–H and O–H groups in total. The van der Waals surface area contributed by atoms with Gasteiger partial charge in [-0.1, -0.05) is 25.5 Å². The van der Waals surface area contributed by atoms with Crippen LogP contribution >= 0.6 is 23.1 Å². The summed E-state index contributed by atoms with van der Waals surface area (Å²) in [7, 11) is 1.21. The number of fused-ring (bicyclic) bond motifs is 1. The molecule has 3 rings (SSSR count). The summed E-state index contributed by atoms with van der Waals surface area (Å²) in [6, 6.07) is 7.41. The zero-order chi connectivity index (χ0) is 20.8. The maximum atomic E-state index is 13.0. The highest BCUT2D eigenvalue weighted by Crippen LogP contribution is 2.38. The summed E-state index contributed by atoms with van der Waals surface area (Å²) < 4.78 is 4.56. The molecular weight excluding hydrogens is 408 g/mol. The summed E-state index contributed by atoms with van der Waals surface area (Å²) in [4.78, 5) is 39.4. The minimum atomic E-state index is -0.814. The Hall–Kier alpha value is -2.32. The standard InChI is InChI=1S/C21H24N2O4S2/c1-3-28-15-11-8-7-10-14(15)18(24)22-20-17(19(25)23-21(26)27-2)13-9-5-4-6-12-16(13)29-20/h7-8,10-11H,3-6,9,12H2,1-2H3,(H,22,24)(H,23,25,26). The Morgan fingerprint density at radius 1 is 1.10 bits per heavy atom. The number of nitrogens with one attached hydrogen (secondary N) is 2. The third-order valence-corrected chi connectivity index (χ3v) is 6.87. The number of hydrogen-bond donors (Lipinski definition) is 2.